The van der Waals surface area contributed by atoms with E-state index in [1.807, 2.05) is 12.1 Å². The van der Waals surface area contributed by atoms with Crippen LogP contribution in [0.4, 0.5) is 0 Å². The number of carbonyl (C=O) groups excluding carboxylic acids is 1. The largest absolute Gasteiger partial charge is 0.481 e. The minimum atomic E-state index is -0.893. The lowest BCUT2D eigenvalue weighted by Gasteiger charge is -2.08. The highest BCUT2D eigenvalue weighted by molar-refractivity contribution is 5.93. The van der Waals surface area contributed by atoms with Gasteiger partial charge in [-0.1, -0.05) is 24.3 Å². The molecule has 1 amide bonds. The van der Waals surface area contributed by atoms with E-state index in [-0.39, 0.29) is 18.9 Å². The summed E-state index contributed by atoms with van der Waals surface area (Å²) in [4.78, 5) is 22.7. The average Bonchev–Trinajstić information content (AvgIpc) is 2.83. The van der Waals surface area contributed by atoms with Gasteiger partial charge in [-0.05, 0) is 11.1 Å². The van der Waals surface area contributed by atoms with Gasteiger partial charge in [-0.3, -0.25) is 14.3 Å². The summed E-state index contributed by atoms with van der Waals surface area (Å²) < 4.78 is 1.55. The molecule has 0 atom stereocenters. The molecule has 0 aliphatic carbocycles. The number of aryl methyl sites for hydroxylation is 1. The molecule has 0 aliphatic rings. The van der Waals surface area contributed by atoms with Crippen molar-refractivity contribution in [3.8, 4) is 0 Å². The normalized spacial score (nSPS) is 10.2. The van der Waals surface area contributed by atoms with E-state index in [1.165, 1.54) is 6.20 Å². The van der Waals surface area contributed by atoms with E-state index in [0.29, 0.717) is 11.1 Å². The predicted molar refractivity (Wildman–Crippen MR) is 72.2 cm³/mol. The number of hydrogen-bond donors (Lipinski definition) is 2. The number of nitrogens with one attached hydrogen (secondary N) is 1. The van der Waals surface area contributed by atoms with Gasteiger partial charge >= 0.3 is 5.97 Å². The van der Waals surface area contributed by atoms with Crippen LogP contribution in [0, 0.1) is 0 Å². The van der Waals surface area contributed by atoms with Crippen LogP contribution in [0.15, 0.2) is 36.7 Å². The summed E-state index contributed by atoms with van der Waals surface area (Å²) in [5.41, 5.74) is 1.97. The molecule has 0 aliphatic heterocycles. The second-order valence-corrected chi connectivity index (χ2v) is 4.42. The summed E-state index contributed by atoms with van der Waals surface area (Å²) >= 11 is 0. The summed E-state index contributed by atoms with van der Waals surface area (Å²) in [7, 11) is 1.74. The summed E-state index contributed by atoms with van der Waals surface area (Å²) in [6, 6.07) is 7.16. The monoisotopic (exact) mass is 273 g/mol. The first-order valence-electron chi connectivity index (χ1n) is 6.11. The zero-order chi connectivity index (χ0) is 14.5. The molecular formula is C14H15N3O3. The molecule has 2 N–H and O–H groups in total. The molecule has 2 rings (SSSR count). The molecule has 2 aromatic rings. The van der Waals surface area contributed by atoms with Gasteiger partial charge in [0.05, 0.1) is 18.2 Å². The molecule has 0 spiro atoms. The standard InChI is InChI=1S/C14H15N3O3/c1-17-9-12(8-16-17)14(20)15-7-11-5-3-2-4-10(11)6-13(18)19/h2-5,8-9H,6-7H2,1H3,(H,15,20)(H,18,19). The lowest BCUT2D eigenvalue weighted by Crippen LogP contribution is -2.23. The molecule has 1 aromatic heterocycles. The SMILES string of the molecule is Cn1cc(C(=O)NCc2ccccc2CC(=O)O)cn1. The van der Waals surface area contributed by atoms with Crippen molar-refractivity contribution in [2.45, 2.75) is 13.0 Å². The van der Waals surface area contributed by atoms with Crippen LogP contribution in [-0.4, -0.2) is 26.8 Å². The van der Waals surface area contributed by atoms with Crippen LogP contribution in [0.3, 0.4) is 0 Å². The molecule has 6 heteroatoms. The fraction of sp³-hybridized carbons (Fsp3) is 0.214. The molecule has 20 heavy (non-hydrogen) atoms. The summed E-state index contributed by atoms with van der Waals surface area (Å²) in [5.74, 6) is -1.13. The number of carbonyl (C=O) groups is 2. The molecule has 1 aromatic carbocycles. The zero-order valence-electron chi connectivity index (χ0n) is 11.0. The second-order valence-electron chi connectivity index (χ2n) is 4.42. The van der Waals surface area contributed by atoms with Crippen molar-refractivity contribution in [3.05, 3.63) is 53.3 Å². The van der Waals surface area contributed by atoms with Gasteiger partial charge in [0.25, 0.3) is 5.91 Å². The second kappa shape index (κ2) is 6.01. The van der Waals surface area contributed by atoms with Gasteiger partial charge in [0, 0.05) is 19.8 Å². The maximum absolute atomic E-state index is 11.9. The van der Waals surface area contributed by atoms with Crippen molar-refractivity contribution in [1.82, 2.24) is 15.1 Å². The van der Waals surface area contributed by atoms with E-state index < -0.39 is 5.97 Å². The van der Waals surface area contributed by atoms with E-state index in [9.17, 15) is 9.59 Å². The summed E-state index contributed by atoms with van der Waals surface area (Å²) in [6.45, 7) is 0.289. The molecule has 0 fully saturated rings. The quantitative estimate of drug-likeness (QED) is 0.850. The minimum absolute atomic E-state index is 0.0566. The van der Waals surface area contributed by atoms with Crippen LogP contribution in [0.2, 0.25) is 0 Å². The molecule has 0 saturated carbocycles. The van der Waals surface area contributed by atoms with Crippen molar-refractivity contribution >= 4 is 11.9 Å². The van der Waals surface area contributed by atoms with E-state index in [2.05, 4.69) is 10.4 Å². The molecule has 0 unspecified atom stereocenters. The molecule has 6 nitrogen and oxygen atoms in total. The Balaban J connectivity index is 2.03. The Labute approximate surface area is 116 Å². The van der Waals surface area contributed by atoms with E-state index in [0.717, 1.165) is 5.56 Å². The first kappa shape index (κ1) is 13.8. The smallest absolute Gasteiger partial charge is 0.307 e. The number of carboxylic acids is 1. The first-order chi connectivity index (χ1) is 9.56. The van der Waals surface area contributed by atoms with Gasteiger partial charge < -0.3 is 10.4 Å². The van der Waals surface area contributed by atoms with Crippen LogP contribution in [0.1, 0.15) is 21.5 Å². The number of rotatable bonds is 5. The van der Waals surface area contributed by atoms with E-state index in [4.69, 9.17) is 5.11 Å². The number of aliphatic carboxylic acids is 1. The lowest BCUT2D eigenvalue weighted by atomic mass is 10.0. The van der Waals surface area contributed by atoms with Gasteiger partial charge in [-0.2, -0.15) is 5.10 Å². The lowest BCUT2D eigenvalue weighted by molar-refractivity contribution is -0.136. The van der Waals surface area contributed by atoms with Gasteiger partial charge in [-0.25, -0.2) is 0 Å². The van der Waals surface area contributed by atoms with Crippen molar-refractivity contribution < 1.29 is 14.7 Å². The maximum Gasteiger partial charge on any atom is 0.307 e. The number of amides is 1. The number of benzene rings is 1. The van der Waals surface area contributed by atoms with Crippen molar-refractivity contribution in [1.29, 1.82) is 0 Å². The number of hydrogen-bond acceptors (Lipinski definition) is 3. The number of nitrogens with zero attached hydrogens (tertiary/aromatic N) is 2. The Morgan fingerprint density at radius 2 is 2.00 bits per heavy atom. The average molecular weight is 273 g/mol. The topological polar surface area (TPSA) is 84.2 Å². The third-order valence-electron chi connectivity index (χ3n) is 2.87. The Kier molecular flexibility index (Phi) is 4.14. The van der Waals surface area contributed by atoms with Crippen molar-refractivity contribution in [2.24, 2.45) is 7.05 Å². The maximum atomic E-state index is 11.9. The fourth-order valence-corrected chi connectivity index (χ4v) is 1.88. The molecule has 0 saturated heterocycles. The van der Waals surface area contributed by atoms with Crippen LogP contribution in [0.25, 0.3) is 0 Å². The van der Waals surface area contributed by atoms with Gasteiger partial charge in [-0.15, -0.1) is 0 Å². The highest BCUT2D eigenvalue weighted by Gasteiger charge is 2.10. The van der Waals surface area contributed by atoms with E-state index >= 15 is 0 Å². The third-order valence-corrected chi connectivity index (χ3v) is 2.87. The van der Waals surface area contributed by atoms with Crippen LogP contribution < -0.4 is 5.32 Å². The van der Waals surface area contributed by atoms with Gasteiger partial charge in [0.15, 0.2) is 0 Å². The number of aromatic nitrogens is 2. The van der Waals surface area contributed by atoms with Crippen LogP contribution in [0.5, 0.6) is 0 Å². The third kappa shape index (κ3) is 3.44. The molecule has 1 heterocycles. The molecule has 104 valence electrons. The highest BCUT2D eigenvalue weighted by atomic mass is 16.4. The first-order valence-corrected chi connectivity index (χ1v) is 6.11. The van der Waals surface area contributed by atoms with Crippen LogP contribution in [-0.2, 0) is 24.8 Å². The summed E-state index contributed by atoms with van der Waals surface area (Å²) in [5, 5.41) is 15.5. The van der Waals surface area contributed by atoms with Gasteiger partial charge in [0.2, 0.25) is 0 Å². The van der Waals surface area contributed by atoms with Gasteiger partial charge in [0.1, 0.15) is 0 Å². The fourth-order valence-electron chi connectivity index (χ4n) is 1.88. The highest BCUT2D eigenvalue weighted by Crippen LogP contribution is 2.10. The molecule has 0 radical (unpaired) electrons. The zero-order valence-corrected chi connectivity index (χ0v) is 11.0. The number of carboxylic acid groups (broad SMARTS) is 1. The Morgan fingerprint density at radius 1 is 1.30 bits per heavy atom. The minimum Gasteiger partial charge on any atom is -0.481 e. The molecular weight excluding hydrogens is 258 g/mol. The molecule has 0 bridgehead atoms. The Hall–Kier alpha value is -2.63. The van der Waals surface area contributed by atoms with Crippen molar-refractivity contribution in [3.63, 3.8) is 0 Å². The summed E-state index contributed by atoms with van der Waals surface area (Å²) in [6.07, 6.45) is 3.05. The van der Waals surface area contributed by atoms with Crippen LogP contribution >= 0.6 is 0 Å². The van der Waals surface area contributed by atoms with Crippen molar-refractivity contribution in [2.75, 3.05) is 0 Å². The van der Waals surface area contributed by atoms with E-state index in [1.54, 1.807) is 30.1 Å². The predicted octanol–water partition coefficient (Wildman–Crippen LogP) is 0.977. The Bertz CT molecular complexity index is 634. The Morgan fingerprint density at radius 3 is 2.60 bits per heavy atom.